The number of anilines is 1. The Morgan fingerprint density at radius 3 is 2.71 bits per heavy atom. The van der Waals surface area contributed by atoms with Gasteiger partial charge < -0.3 is 15.5 Å². The second kappa shape index (κ2) is 5.45. The quantitative estimate of drug-likeness (QED) is 0.808. The molecule has 0 radical (unpaired) electrons. The van der Waals surface area contributed by atoms with E-state index < -0.39 is 5.60 Å². The summed E-state index contributed by atoms with van der Waals surface area (Å²) in [7, 11) is 0. The zero-order valence-corrected chi connectivity index (χ0v) is 14.1. The number of hydrogen-bond donors (Lipinski definition) is 3. The Bertz CT molecular complexity index is 793. The summed E-state index contributed by atoms with van der Waals surface area (Å²) in [5, 5.41) is 32.3. The van der Waals surface area contributed by atoms with E-state index in [-0.39, 0.29) is 6.04 Å². The van der Waals surface area contributed by atoms with Gasteiger partial charge in [-0.2, -0.15) is 0 Å². The van der Waals surface area contributed by atoms with Gasteiger partial charge in [-0.15, -0.1) is 10.2 Å². The number of aromatic nitrogens is 2. The molecule has 3 N–H and O–H groups in total. The predicted octanol–water partition coefficient (Wildman–Crippen LogP) is 2.97. The second-order valence-corrected chi connectivity index (χ2v) is 7.46. The molecule has 0 saturated heterocycles. The van der Waals surface area contributed by atoms with Crippen LogP contribution in [0.2, 0.25) is 0 Å². The molecule has 0 spiro atoms. The van der Waals surface area contributed by atoms with Crippen LogP contribution in [0.3, 0.4) is 0 Å². The van der Waals surface area contributed by atoms with Gasteiger partial charge in [-0.3, -0.25) is 0 Å². The Kier molecular flexibility index (Phi) is 3.49. The number of nitrogens with one attached hydrogen (secondary N) is 1. The van der Waals surface area contributed by atoms with E-state index in [4.69, 9.17) is 0 Å². The lowest BCUT2D eigenvalue weighted by Crippen LogP contribution is -2.48. The first-order valence-corrected chi connectivity index (χ1v) is 8.60. The minimum Gasteiger partial charge on any atom is -0.507 e. The Hall–Kier alpha value is -2.14. The number of rotatable bonds is 3. The fourth-order valence-corrected chi connectivity index (χ4v) is 3.97. The molecule has 1 fully saturated rings. The molecule has 24 heavy (non-hydrogen) atoms. The normalized spacial score (nSPS) is 25.2. The number of aryl methyl sites for hydroxylation is 2. The van der Waals surface area contributed by atoms with Gasteiger partial charge in [-0.05, 0) is 74.8 Å². The van der Waals surface area contributed by atoms with Crippen molar-refractivity contribution >= 4 is 5.82 Å². The average molecular weight is 325 g/mol. The molecule has 2 aromatic rings. The fraction of sp³-hybridized carbons (Fsp3) is 0.474. The number of phenolic OH excluding ortho intramolecular Hbond substituents is 1. The summed E-state index contributed by atoms with van der Waals surface area (Å²) in [6.07, 6.45) is 4.53. The van der Waals surface area contributed by atoms with Gasteiger partial charge in [0.15, 0.2) is 0 Å². The summed E-state index contributed by atoms with van der Waals surface area (Å²) in [5.74, 6) is 1.08. The van der Waals surface area contributed by atoms with Gasteiger partial charge in [0, 0.05) is 11.6 Å². The summed E-state index contributed by atoms with van der Waals surface area (Å²) in [5.41, 5.74) is 4.22. The van der Waals surface area contributed by atoms with Crippen molar-refractivity contribution < 1.29 is 10.2 Å². The molecule has 0 aliphatic heterocycles. The molecule has 1 aromatic heterocycles. The molecule has 5 nitrogen and oxygen atoms in total. The van der Waals surface area contributed by atoms with Crippen LogP contribution in [0.4, 0.5) is 5.82 Å². The largest absolute Gasteiger partial charge is 0.507 e. The third-order valence-electron chi connectivity index (χ3n) is 5.22. The molecular weight excluding hydrogens is 302 g/mol. The van der Waals surface area contributed by atoms with Gasteiger partial charge >= 0.3 is 0 Å². The predicted molar refractivity (Wildman–Crippen MR) is 93.2 cm³/mol. The lowest BCUT2D eigenvalue weighted by molar-refractivity contribution is -0.0235. The van der Waals surface area contributed by atoms with Crippen LogP contribution in [0.1, 0.15) is 42.9 Å². The van der Waals surface area contributed by atoms with Gasteiger partial charge in [0.2, 0.25) is 0 Å². The summed E-state index contributed by atoms with van der Waals surface area (Å²) < 4.78 is 0. The van der Waals surface area contributed by atoms with Crippen LogP contribution in [0.25, 0.3) is 11.3 Å². The molecule has 4 rings (SSSR count). The van der Waals surface area contributed by atoms with E-state index in [0.717, 1.165) is 60.3 Å². The maximum Gasteiger partial charge on any atom is 0.149 e. The number of nitrogens with zero attached hydrogens (tertiary/aromatic N) is 2. The molecule has 1 saturated carbocycles. The zero-order valence-electron chi connectivity index (χ0n) is 14.1. The first kappa shape index (κ1) is 15.4. The second-order valence-electron chi connectivity index (χ2n) is 7.46. The van der Waals surface area contributed by atoms with Crippen LogP contribution in [0, 0.1) is 6.92 Å². The zero-order chi connectivity index (χ0) is 16.9. The Balaban J connectivity index is 1.59. The highest BCUT2D eigenvalue weighted by atomic mass is 16.3. The number of aromatic hydroxyl groups is 1. The smallest absolute Gasteiger partial charge is 0.149 e. The first-order chi connectivity index (χ1) is 11.4. The minimum atomic E-state index is -0.559. The van der Waals surface area contributed by atoms with Crippen molar-refractivity contribution in [2.24, 2.45) is 0 Å². The van der Waals surface area contributed by atoms with E-state index in [1.165, 1.54) is 5.56 Å². The first-order valence-electron chi connectivity index (χ1n) is 8.60. The van der Waals surface area contributed by atoms with Crippen molar-refractivity contribution in [3.05, 3.63) is 34.9 Å². The van der Waals surface area contributed by atoms with Crippen molar-refractivity contribution in [1.82, 2.24) is 10.2 Å². The van der Waals surface area contributed by atoms with E-state index in [2.05, 4.69) is 21.6 Å². The molecule has 2 aliphatic rings. The number of hydrogen-bond acceptors (Lipinski definition) is 5. The van der Waals surface area contributed by atoms with E-state index in [1.807, 2.05) is 26.0 Å². The molecule has 1 heterocycles. The average Bonchev–Trinajstić information content (AvgIpc) is 2.96. The highest BCUT2D eigenvalue weighted by molar-refractivity contribution is 5.73. The Labute approximate surface area is 141 Å². The van der Waals surface area contributed by atoms with Gasteiger partial charge in [-0.25, -0.2) is 0 Å². The molecule has 1 aromatic carbocycles. The lowest BCUT2D eigenvalue weighted by atomic mass is 9.77. The van der Waals surface area contributed by atoms with E-state index in [0.29, 0.717) is 5.75 Å². The highest BCUT2D eigenvalue weighted by Crippen LogP contribution is 2.39. The molecule has 5 heteroatoms. The third-order valence-corrected chi connectivity index (χ3v) is 5.22. The van der Waals surface area contributed by atoms with E-state index in [9.17, 15) is 10.2 Å². The maximum atomic E-state index is 10.6. The fourth-order valence-electron chi connectivity index (χ4n) is 3.97. The van der Waals surface area contributed by atoms with E-state index in [1.54, 1.807) is 0 Å². The Morgan fingerprint density at radius 1 is 1.21 bits per heavy atom. The van der Waals surface area contributed by atoms with Crippen molar-refractivity contribution in [3.8, 4) is 17.0 Å². The number of benzene rings is 1. The Morgan fingerprint density at radius 2 is 2.00 bits per heavy atom. The van der Waals surface area contributed by atoms with Crippen LogP contribution in [-0.2, 0) is 12.8 Å². The van der Waals surface area contributed by atoms with Gasteiger partial charge in [0.05, 0.1) is 11.3 Å². The van der Waals surface area contributed by atoms with Crippen molar-refractivity contribution in [3.63, 3.8) is 0 Å². The monoisotopic (exact) mass is 325 g/mol. The number of phenols is 1. The lowest BCUT2D eigenvalue weighted by Gasteiger charge is -2.41. The molecule has 0 atom stereocenters. The highest BCUT2D eigenvalue weighted by Gasteiger charge is 2.38. The molecule has 0 amide bonds. The van der Waals surface area contributed by atoms with Gasteiger partial charge in [0.25, 0.3) is 0 Å². The van der Waals surface area contributed by atoms with Crippen LogP contribution >= 0.6 is 0 Å². The van der Waals surface area contributed by atoms with Crippen molar-refractivity contribution in [2.75, 3.05) is 5.32 Å². The van der Waals surface area contributed by atoms with E-state index >= 15 is 0 Å². The summed E-state index contributed by atoms with van der Waals surface area (Å²) in [4.78, 5) is 0. The van der Waals surface area contributed by atoms with Crippen LogP contribution in [0.15, 0.2) is 18.2 Å². The van der Waals surface area contributed by atoms with Crippen LogP contribution in [0.5, 0.6) is 5.75 Å². The molecular formula is C19H23N3O2. The van der Waals surface area contributed by atoms with Crippen molar-refractivity contribution in [1.29, 1.82) is 0 Å². The van der Waals surface area contributed by atoms with Crippen LogP contribution < -0.4 is 5.32 Å². The number of fused-ring (bicyclic) bond motifs is 1. The molecule has 126 valence electrons. The topological polar surface area (TPSA) is 78.3 Å². The van der Waals surface area contributed by atoms with Gasteiger partial charge in [-0.1, -0.05) is 6.07 Å². The SMILES string of the molecule is Cc1cc(NC2CC(C)(O)C2)nnc1-c1ccc2c(c1O)CCC2. The molecule has 0 unspecified atom stereocenters. The standard InChI is InChI=1S/C19H23N3O2/c1-11-8-16(20-13-9-19(2,24)10-13)21-22-17(11)15-7-6-12-4-3-5-14(12)18(15)23/h6-8,13,23-24H,3-5,9-10H2,1-2H3,(H,20,21). The van der Waals surface area contributed by atoms with Gasteiger partial charge in [0.1, 0.15) is 11.6 Å². The van der Waals surface area contributed by atoms with Crippen molar-refractivity contribution in [2.45, 2.75) is 57.6 Å². The van der Waals surface area contributed by atoms with Crippen LogP contribution in [-0.4, -0.2) is 32.1 Å². The number of aliphatic hydroxyl groups is 1. The third kappa shape index (κ3) is 2.63. The minimum absolute atomic E-state index is 0.243. The summed E-state index contributed by atoms with van der Waals surface area (Å²) >= 11 is 0. The molecule has 0 bridgehead atoms. The maximum absolute atomic E-state index is 10.6. The molecule has 2 aliphatic carbocycles. The summed E-state index contributed by atoms with van der Waals surface area (Å²) in [6.45, 7) is 3.83. The summed E-state index contributed by atoms with van der Waals surface area (Å²) in [6, 6.07) is 6.25.